The molecule has 0 aliphatic carbocycles. The van der Waals surface area contributed by atoms with Crippen molar-refractivity contribution in [3.05, 3.63) is 0 Å². The molecule has 1 unspecified atom stereocenters. The summed E-state index contributed by atoms with van der Waals surface area (Å²) in [5, 5.41) is 3.42. The number of nitrogens with one attached hydrogen (secondary N) is 1. The number of hydrogen-bond acceptors (Lipinski definition) is 3. The molecule has 1 amide bonds. The highest BCUT2D eigenvalue weighted by Gasteiger charge is 2.22. The predicted octanol–water partition coefficient (Wildman–Crippen LogP) is 0.150. The molecule has 16 heavy (non-hydrogen) atoms. The summed E-state index contributed by atoms with van der Waals surface area (Å²) < 4.78 is 0. The fourth-order valence-corrected chi connectivity index (χ4v) is 2.48. The average Bonchev–Trinajstić information content (AvgIpc) is 2.15. The topological polar surface area (TPSA) is 35.6 Å². The van der Waals surface area contributed by atoms with Crippen LogP contribution in [-0.4, -0.2) is 62.0 Å². The number of amides is 1. The number of rotatable bonds is 4. The number of hydrogen-bond donors (Lipinski definition) is 1. The summed E-state index contributed by atoms with van der Waals surface area (Å²) >= 11 is 0. The lowest BCUT2D eigenvalue weighted by Crippen LogP contribution is -2.47. The molecule has 92 valence electrons. The van der Waals surface area contributed by atoms with Crippen LogP contribution in [0.25, 0.3) is 0 Å². The molecule has 2 saturated heterocycles. The van der Waals surface area contributed by atoms with Crippen LogP contribution in [-0.2, 0) is 4.79 Å². The molecule has 0 aromatic heterocycles. The molecule has 0 spiro atoms. The van der Waals surface area contributed by atoms with Crippen LogP contribution in [0.15, 0.2) is 0 Å². The molecular formula is C12H23N3O. The first-order valence-corrected chi connectivity index (χ1v) is 6.43. The SMILES string of the molecule is CN(CC(=O)N1CCC1)CC1CCCNC1. The van der Waals surface area contributed by atoms with Gasteiger partial charge < -0.3 is 10.2 Å². The average molecular weight is 225 g/mol. The van der Waals surface area contributed by atoms with Crippen molar-refractivity contribution in [3.8, 4) is 0 Å². The molecule has 1 N–H and O–H groups in total. The largest absolute Gasteiger partial charge is 0.341 e. The summed E-state index contributed by atoms with van der Waals surface area (Å²) in [4.78, 5) is 15.9. The van der Waals surface area contributed by atoms with E-state index in [1.165, 1.54) is 19.3 Å². The van der Waals surface area contributed by atoms with Crippen LogP contribution in [0.4, 0.5) is 0 Å². The van der Waals surface area contributed by atoms with Crippen molar-refractivity contribution in [1.29, 1.82) is 0 Å². The third-order valence-corrected chi connectivity index (χ3v) is 3.58. The van der Waals surface area contributed by atoms with Crippen LogP contribution in [0.1, 0.15) is 19.3 Å². The fourth-order valence-electron chi connectivity index (χ4n) is 2.48. The van der Waals surface area contributed by atoms with Crippen molar-refractivity contribution in [3.63, 3.8) is 0 Å². The van der Waals surface area contributed by atoms with Crippen LogP contribution in [0, 0.1) is 5.92 Å². The Labute approximate surface area is 98.0 Å². The van der Waals surface area contributed by atoms with Gasteiger partial charge in [-0.3, -0.25) is 9.69 Å². The molecule has 2 aliphatic rings. The Bertz CT molecular complexity index is 234. The molecule has 1 atom stereocenters. The van der Waals surface area contributed by atoms with Gasteiger partial charge in [-0.05, 0) is 45.3 Å². The first-order chi connectivity index (χ1) is 7.75. The van der Waals surface area contributed by atoms with E-state index in [2.05, 4.69) is 17.3 Å². The number of carbonyl (C=O) groups excluding carboxylic acids is 1. The van der Waals surface area contributed by atoms with Gasteiger partial charge in [0.2, 0.25) is 5.91 Å². The first-order valence-electron chi connectivity index (χ1n) is 6.43. The third-order valence-electron chi connectivity index (χ3n) is 3.58. The summed E-state index contributed by atoms with van der Waals surface area (Å²) in [6, 6.07) is 0. The molecular weight excluding hydrogens is 202 g/mol. The fraction of sp³-hybridized carbons (Fsp3) is 0.917. The van der Waals surface area contributed by atoms with Crippen LogP contribution in [0.2, 0.25) is 0 Å². The standard InChI is InChI=1S/C12H23N3O/c1-14(9-11-4-2-5-13-8-11)10-12(16)15-6-3-7-15/h11,13H,2-10H2,1H3. The van der Waals surface area contributed by atoms with E-state index in [1.807, 2.05) is 4.90 Å². The maximum Gasteiger partial charge on any atom is 0.236 e. The van der Waals surface area contributed by atoms with E-state index in [-0.39, 0.29) is 0 Å². The van der Waals surface area contributed by atoms with Gasteiger partial charge in [-0.2, -0.15) is 0 Å². The minimum absolute atomic E-state index is 0.303. The molecule has 2 fully saturated rings. The van der Waals surface area contributed by atoms with Crippen molar-refractivity contribution in [2.24, 2.45) is 5.92 Å². The molecule has 2 heterocycles. The van der Waals surface area contributed by atoms with Gasteiger partial charge in [0.1, 0.15) is 0 Å². The van der Waals surface area contributed by atoms with Crippen molar-refractivity contribution in [2.45, 2.75) is 19.3 Å². The summed E-state index contributed by atoms with van der Waals surface area (Å²) in [6.07, 6.45) is 3.76. The van der Waals surface area contributed by atoms with E-state index >= 15 is 0 Å². The molecule has 2 aliphatic heterocycles. The van der Waals surface area contributed by atoms with E-state index in [0.717, 1.165) is 38.6 Å². The third kappa shape index (κ3) is 3.19. The molecule has 0 saturated carbocycles. The summed E-state index contributed by atoms with van der Waals surface area (Å²) in [5.41, 5.74) is 0. The van der Waals surface area contributed by atoms with Crippen LogP contribution in [0.3, 0.4) is 0 Å². The highest BCUT2D eigenvalue weighted by molar-refractivity contribution is 5.78. The Kier molecular flexibility index (Phi) is 4.18. The minimum atomic E-state index is 0.303. The highest BCUT2D eigenvalue weighted by Crippen LogP contribution is 2.12. The van der Waals surface area contributed by atoms with E-state index in [9.17, 15) is 4.79 Å². The maximum atomic E-state index is 11.7. The molecule has 0 aromatic carbocycles. The number of likely N-dealkylation sites (tertiary alicyclic amines) is 1. The zero-order chi connectivity index (χ0) is 11.4. The second kappa shape index (κ2) is 5.64. The Balaban J connectivity index is 1.66. The van der Waals surface area contributed by atoms with Gasteiger partial charge in [0.15, 0.2) is 0 Å². The zero-order valence-corrected chi connectivity index (χ0v) is 10.2. The summed E-state index contributed by atoms with van der Waals surface area (Å²) in [5.74, 6) is 1.03. The summed E-state index contributed by atoms with van der Waals surface area (Å²) in [6.45, 7) is 5.85. The predicted molar refractivity (Wildman–Crippen MR) is 64.3 cm³/mol. The van der Waals surface area contributed by atoms with Gasteiger partial charge in [-0.25, -0.2) is 0 Å². The molecule has 4 heteroatoms. The first kappa shape index (κ1) is 11.9. The van der Waals surface area contributed by atoms with Gasteiger partial charge in [0.05, 0.1) is 6.54 Å². The number of nitrogens with zero attached hydrogens (tertiary/aromatic N) is 2. The number of piperidine rings is 1. The Morgan fingerprint density at radius 2 is 2.25 bits per heavy atom. The van der Waals surface area contributed by atoms with E-state index in [1.54, 1.807) is 0 Å². The molecule has 0 bridgehead atoms. The highest BCUT2D eigenvalue weighted by atomic mass is 16.2. The number of likely N-dealkylation sites (N-methyl/N-ethyl adjacent to an activating group) is 1. The van der Waals surface area contributed by atoms with Crippen LogP contribution in [0.5, 0.6) is 0 Å². The second-order valence-electron chi connectivity index (χ2n) is 5.14. The van der Waals surface area contributed by atoms with Crippen molar-refractivity contribution >= 4 is 5.91 Å². The molecule has 4 nitrogen and oxygen atoms in total. The number of carbonyl (C=O) groups is 1. The monoisotopic (exact) mass is 225 g/mol. The van der Waals surface area contributed by atoms with Crippen molar-refractivity contribution in [1.82, 2.24) is 15.1 Å². The minimum Gasteiger partial charge on any atom is -0.341 e. The van der Waals surface area contributed by atoms with E-state index in [0.29, 0.717) is 12.5 Å². The van der Waals surface area contributed by atoms with Crippen LogP contribution >= 0.6 is 0 Å². The lowest BCUT2D eigenvalue weighted by molar-refractivity contribution is -0.135. The Hall–Kier alpha value is -0.610. The van der Waals surface area contributed by atoms with Crippen molar-refractivity contribution in [2.75, 3.05) is 46.3 Å². The van der Waals surface area contributed by atoms with E-state index in [4.69, 9.17) is 0 Å². The summed E-state index contributed by atoms with van der Waals surface area (Å²) in [7, 11) is 2.06. The maximum absolute atomic E-state index is 11.7. The van der Waals surface area contributed by atoms with Gasteiger partial charge in [-0.1, -0.05) is 0 Å². The molecule has 0 radical (unpaired) electrons. The quantitative estimate of drug-likeness (QED) is 0.740. The Morgan fingerprint density at radius 3 is 2.81 bits per heavy atom. The van der Waals surface area contributed by atoms with Gasteiger partial charge in [0, 0.05) is 19.6 Å². The van der Waals surface area contributed by atoms with Crippen LogP contribution < -0.4 is 5.32 Å². The van der Waals surface area contributed by atoms with Gasteiger partial charge in [0.25, 0.3) is 0 Å². The van der Waals surface area contributed by atoms with E-state index < -0.39 is 0 Å². The zero-order valence-electron chi connectivity index (χ0n) is 10.2. The molecule has 0 aromatic rings. The van der Waals surface area contributed by atoms with Crippen molar-refractivity contribution < 1.29 is 4.79 Å². The Morgan fingerprint density at radius 1 is 1.44 bits per heavy atom. The lowest BCUT2D eigenvalue weighted by Gasteiger charge is -2.33. The molecule has 2 rings (SSSR count). The normalized spacial score (nSPS) is 25.6. The smallest absolute Gasteiger partial charge is 0.236 e. The second-order valence-corrected chi connectivity index (χ2v) is 5.14. The van der Waals surface area contributed by atoms with Gasteiger partial charge in [-0.15, -0.1) is 0 Å². The lowest BCUT2D eigenvalue weighted by atomic mass is 9.99. The van der Waals surface area contributed by atoms with Gasteiger partial charge >= 0.3 is 0 Å².